The van der Waals surface area contributed by atoms with Gasteiger partial charge in [0.1, 0.15) is 116 Å². The van der Waals surface area contributed by atoms with Gasteiger partial charge in [0.25, 0.3) is 0 Å². The van der Waals surface area contributed by atoms with E-state index in [1.54, 1.807) is 0 Å². The van der Waals surface area contributed by atoms with Gasteiger partial charge in [-0.3, -0.25) is 4.52 Å². The van der Waals surface area contributed by atoms with E-state index < -0.39 is 194 Å². The van der Waals surface area contributed by atoms with Crippen LogP contribution in [0.4, 0.5) is 0 Å². The molecular formula is C30H54NO28P. The van der Waals surface area contributed by atoms with Crippen LogP contribution in [0.15, 0.2) is 0 Å². The van der Waals surface area contributed by atoms with Gasteiger partial charge < -0.3 is 135 Å². The molecule has 5 heterocycles. The first-order chi connectivity index (χ1) is 28.2. The maximum absolute atomic E-state index is 11.9. The fourth-order valence-electron chi connectivity index (χ4n) is 7.17. The van der Waals surface area contributed by atoms with Gasteiger partial charge in [-0.05, 0) is 0 Å². The lowest BCUT2D eigenvalue weighted by atomic mass is 9.96. The standard InChI is InChI=1S/C30H54NO28P/c31-11-16(40)22(9(4-35)51-26(11)46)56-30-25(59-60(47,48)49)20(44)15(39)10(55-30)5-50-28-23(18(42)13(37)7(2-33)53-28)58-29-24(19(43)14(38)8(3-34)54-29)57-27-21(45)17(41)12(36)6(1-32)52-27/h6-30,32-46H,1-5,31H2,(H2,47,48,49)/t6-,7-,8-,9-,10-,11-,12-,13-,14-,15-,16-,17+,18+,19+,20+,21+,22-,23+,24+,25+,26+,27-,28+,29-,30-/m1/s1. The molecule has 0 aliphatic carbocycles. The molecular weight excluding hydrogens is 853 g/mol. The van der Waals surface area contributed by atoms with Crippen LogP contribution in [0.5, 0.6) is 0 Å². The summed E-state index contributed by atoms with van der Waals surface area (Å²) in [5.41, 5.74) is 5.74. The number of phosphoric acid groups is 1. The van der Waals surface area contributed by atoms with Gasteiger partial charge in [0, 0.05) is 0 Å². The first-order valence-electron chi connectivity index (χ1n) is 18.4. The van der Waals surface area contributed by atoms with E-state index in [9.17, 15) is 90.9 Å². The SMILES string of the molecule is N[C@@H]1[C@@H](O)[C@H](O[C@H]2O[C@H](CO[C@H]3O[C@H](CO)[C@@H](O)[C@H](O)[C@@H]3O[C@H]3O[C@H](CO)[C@@H](O)[C@H](O)[C@@H]3O[C@H]3O[C@H](CO)[C@@H](O)[C@H](O)[C@@H]3O)[C@@H](O)[C@H](O)[C@@H]2OP(=O)(O)O)[C@@H](CO)O[C@@H]1O. The molecule has 5 saturated heterocycles. The highest BCUT2D eigenvalue weighted by Crippen LogP contribution is 2.43. The second kappa shape index (κ2) is 21.0. The molecule has 0 saturated carbocycles. The fourth-order valence-corrected chi connectivity index (χ4v) is 7.71. The summed E-state index contributed by atoms with van der Waals surface area (Å²) in [6, 6.07) is -1.56. The Bertz CT molecular complexity index is 1390. The normalized spacial score (nSPS) is 50.7. The minimum Gasteiger partial charge on any atom is -0.394 e. The third-order valence-corrected chi connectivity index (χ3v) is 11.1. The van der Waals surface area contributed by atoms with Crippen LogP contribution < -0.4 is 5.73 Å². The van der Waals surface area contributed by atoms with Gasteiger partial charge in [0.15, 0.2) is 31.5 Å². The lowest BCUT2D eigenvalue weighted by Gasteiger charge is -2.49. The maximum atomic E-state index is 11.9. The van der Waals surface area contributed by atoms with Gasteiger partial charge in [-0.1, -0.05) is 0 Å². The van der Waals surface area contributed by atoms with Crippen molar-refractivity contribution in [2.45, 2.75) is 153 Å². The van der Waals surface area contributed by atoms with Crippen LogP contribution in [-0.4, -0.2) is 273 Å². The van der Waals surface area contributed by atoms with Gasteiger partial charge >= 0.3 is 7.82 Å². The van der Waals surface area contributed by atoms with Crippen LogP contribution in [0.1, 0.15) is 0 Å². The topological polar surface area (TPSA) is 479 Å². The van der Waals surface area contributed by atoms with Crippen molar-refractivity contribution in [1.29, 1.82) is 0 Å². The summed E-state index contributed by atoms with van der Waals surface area (Å²) < 4.78 is 66.5. The highest BCUT2D eigenvalue weighted by atomic mass is 31.2. The Kier molecular flexibility index (Phi) is 17.5. The van der Waals surface area contributed by atoms with E-state index in [1.165, 1.54) is 0 Å². The molecule has 352 valence electrons. The first kappa shape index (κ1) is 50.1. The van der Waals surface area contributed by atoms with Crippen molar-refractivity contribution in [2.24, 2.45) is 5.73 Å². The molecule has 25 atom stereocenters. The van der Waals surface area contributed by atoms with Crippen LogP contribution in [0, 0.1) is 0 Å². The van der Waals surface area contributed by atoms with Crippen molar-refractivity contribution in [1.82, 2.24) is 0 Å². The molecule has 0 spiro atoms. The van der Waals surface area contributed by atoms with Crippen LogP contribution in [0.25, 0.3) is 0 Å². The number of hydrogen-bond acceptors (Lipinski definition) is 27. The number of aliphatic hydroxyl groups excluding tert-OH is 15. The molecule has 30 heteroatoms. The summed E-state index contributed by atoms with van der Waals surface area (Å²) in [6.45, 7) is -4.70. The Morgan fingerprint density at radius 3 is 1.37 bits per heavy atom. The number of rotatable bonds is 15. The Labute approximate surface area is 338 Å². The molecule has 5 fully saturated rings. The molecule has 60 heavy (non-hydrogen) atoms. The van der Waals surface area contributed by atoms with Crippen LogP contribution in [-0.2, 0) is 51.7 Å². The average Bonchev–Trinajstić information content (AvgIpc) is 3.21. The monoisotopic (exact) mass is 907 g/mol. The van der Waals surface area contributed by atoms with E-state index >= 15 is 0 Å². The van der Waals surface area contributed by atoms with Crippen molar-refractivity contribution in [3.8, 4) is 0 Å². The molecule has 5 aliphatic heterocycles. The van der Waals surface area contributed by atoms with E-state index in [2.05, 4.69) is 4.52 Å². The lowest BCUT2D eigenvalue weighted by molar-refractivity contribution is -0.396. The van der Waals surface area contributed by atoms with Gasteiger partial charge in [0.2, 0.25) is 0 Å². The second-order valence-corrected chi connectivity index (χ2v) is 15.8. The molecule has 5 rings (SSSR count). The first-order valence-corrected chi connectivity index (χ1v) is 20.0. The molecule has 0 unspecified atom stereocenters. The molecule has 5 aliphatic rings. The van der Waals surface area contributed by atoms with E-state index in [4.69, 9.17) is 48.4 Å². The van der Waals surface area contributed by atoms with Crippen LogP contribution in [0.3, 0.4) is 0 Å². The predicted octanol–water partition coefficient (Wildman–Crippen LogP) is -11.8. The van der Waals surface area contributed by atoms with Crippen molar-refractivity contribution in [2.75, 3.05) is 33.0 Å². The van der Waals surface area contributed by atoms with Crippen molar-refractivity contribution < 1.29 is 138 Å². The van der Waals surface area contributed by atoms with E-state index in [0.29, 0.717) is 0 Å². The molecule has 0 radical (unpaired) electrons. The third-order valence-electron chi connectivity index (χ3n) is 10.6. The molecule has 0 aromatic carbocycles. The second-order valence-electron chi connectivity index (χ2n) is 14.6. The highest BCUT2D eigenvalue weighted by molar-refractivity contribution is 7.46. The predicted molar refractivity (Wildman–Crippen MR) is 179 cm³/mol. The third kappa shape index (κ3) is 10.8. The van der Waals surface area contributed by atoms with E-state index in [0.717, 1.165) is 0 Å². The number of aliphatic hydroxyl groups is 15. The molecule has 29 nitrogen and oxygen atoms in total. The van der Waals surface area contributed by atoms with E-state index in [-0.39, 0.29) is 0 Å². The Hall–Kier alpha value is -0.890. The Morgan fingerprint density at radius 2 is 0.833 bits per heavy atom. The molecule has 0 amide bonds. The quantitative estimate of drug-likeness (QED) is 0.0678. The summed E-state index contributed by atoms with van der Waals surface area (Å²) in [5, 5.41) is 156. The summed E-state index contributed by atoms with van der Waals surface area (Å²) in [7, 11) is -5.51. The van der Waals surface area contributed by atoms with Crippen LogP contribution >= 0.6 is 7.82 Å². The van der Waals surface area contributed by atoms with Crippen molar-refractivity contribution >= 4 is 7.82 Å². The smallest absolute Gasteiger partial charge is 0.394 e. The lowest BCUT2D eigenvalue weighted by Crippen LogP contribution is -2.67. The molecule has 0 bridgehead atoms. The van der Waals surface area contributed by atoms with Gasteiger partial charge in [-0.15, -0.1) is 0 Å². The number of hydrogen-bond donors (Lipinski definition) is 18. The number of nitrogens with two attached hydrogens (primary N) is 1. The van der Waals surface area contributed by atoms with Gasteiger partial charge in [0.05, 0.1) is 39.1 Å². The van der Waals surface area contributed by atoms with Gasteiger partial charge in [-0.25, -0.2) is 4.57 Å². The summed E-state index contributed by atoms with van der Waals surface area (Å²) in [5.74, 6) is 0. The zero-order chi connectivity index (χ0) is 44.5. The molecule has 0 aromatic heterocycles. The highest BCUT2D eigenvalue weighted by Gasteiger charge is 2.56. The average molecular weight is 908 g/mol. The largest absolute Gasteiger partial charge is 0.470 e. The zero-order valence-corrected chi connectivity index (χ0v) is 32.0. The Morgan fingerprint density at radius 1 is 0.433 bits per heavy atom. The summed E-state index contributed by atoms with van der Waals surface area (Å²) in [4.78, 5) is 19.1. The molecule has 0 aromatic rings. The molecule has 19 N–H and O–H groups in total. The Balaban J connectivity index is 1.39. The summed E-state index contributed by atoms with van der Waals surface area (Å²) >= 11 is 0. The summed E-state index contributed by atoms with van der Waals surface area (Å²) in [6.07, 6.45) is -46.4. The minimum absolute atomic E-state index is 0.892. The maximum Gasteiger partial charge on any atom is 0.470 e. The minimum atomic E-state index is -5.51. The van der Waals surface area contributed by atoms with E-state index in [1.807, 2.05) is 0 Å². The van der Waals surface area contributed by atoms with Crippen molar-refractivity contribution in [3.05, 3.63) is 0 Å². The van der Waals surface area contributed by atoms with Gasteiger partial charge in [-0.2, -0.15) is 0 Å². The fraction of sp³-hybridized carbons (Fsp3) is 1.00. The van der Waals surface area contributed by atoms with Crippen molar-refractivity contribution in [3.63, 3.8) is 0 Å². The number of ether oxygens (including phenoxy) is 9. The van der Waals surface area contributed by atoms with Crippen LogP contribution in [0.2, 0.25) is 0 Å². The zero-order valence-electron chi connectivity index (χ0n) is 31.1. The number of phosphoric ester groups is 1.